The van der Waals surface area contributed by atoms with Gasteiger partial charge in [0.1, 0.15) is 11.3 Å². The van der Waals surface area contributed by atoms with Gasteiger partial charge in [-0.05, 0) is 32.0 Å². The van der Waals surface area contributed by atoms with Crippen LogP contribution in [0.25, 0.3) is 11.0 Å². The number of ether oxygens (including phenoxy) is 1. The molecule has 2 aromatic rings. The van der Waals surface area contributed by atoms with E-state index in [2.05, 4.69) is 0 Å². The van der Waals surface area contributed by atoms with Crippen LogP contribution < -0.4 is 4.74 Å². The van der Waals surface area contributed by atoms with Crippen LogP contribution in [0.4, 0.5) is 0 Å². The van der Waals surface area contributed by atoms with Gasteiger partial charge < -0.3 is 9.15 Å². The average molecular weight is 176 g/mol. The predicted molar refractivity (Wildman–Crippen MR) is 52.0 cm³/mol. The van der Waals surface area contributed by atoms with Gasteiger partial charge in [0.05, 0.1) is 17.8 Å². The Balaban J connectivity index is 2.48. The summed E-state index contributed by atoms with van der Waals surface area (Å²) in [5, 5.41) is 1.04. The highest BCUT2D eigenvalue weighted by molar-refractivity contribution is 5.83. The molecule has 1 aromatic carbocycles. The Kier molecular flexibility index (Phi) is 1.97. The average Bonchev–Trinajstić information content (AvgIpc) is 2.51. The molecule has 0 N–H and O–H groups in total. The van der Waals surface area contributed by atoms with E-state index in [0.29, 0.717) is 0 Å². The molecule has 0 aliphatic heterocycles. The van der Waals surface area contributed by atoms with Crippen molar-refractivity contribution in [2.45, 2.75) is 20.0 Å². The van der Waals surface area contributed by atoms with E-state index in [0.717, 1.165) is 16.7 Å². The highest BCUT2D eigenvalue weighted by Gasteiger charge is 2.04. The largest absolute Gasteiger partial charge is 0.490 e. The van der Waals surface area contributed by atoms with Gasteiger partial charge in [0.15, 0.2) is 0 Å². The molecule has 2 rings (SSSR count). The molecule has 0 saturated carbocycles. The minimum Gasteiger partial charge on any atom is -0.490 e. The van der Waals surface area contributed by atoms with Crippen LogP contribution in [0.3, 0.4) is 0 Å². The highest BCUT2D eigenvalue weighted by Crippen LogP contribution is 2.26. The first-order valence-electron chi connectivity index (χ1n) is 4.40. The van der Waals surface area contributed by atoms with Gasteiger partial charge in [0, 0.05) is 0 Å². The van der Waals surface area contributed by atoms with Crippen molar-refractivity contribution in [3.63, 3.8) is 0 Å². The van der Waals surface area contributed by atoms with Crippen molar-refractivity contribution in [1.82, 2.24) is 0 Å². The highest BCUT2D eigenvalue weighted by atomic mass is 16.5. The first-order valence-corrected chi connectivity index (χ1v) is 4.40. The summed E-state index contributed by atoms with van der Waals surface area (Å²) >= 11 is 0. The topological polar surface area (TPSA) is 22.4 Å². The van der Waals surface area contributed by atoms with Crippen LogP contribution >= 0.6 is 0 Å². The first kappa shape index (κ1) is 8.17. The summed E-state index contributed by atoms with van der Waals surface area (Å²) in [6.07, 6.45) is 1.87. The van der Waals surface area contributed by atoms with Crippen LogP contribution in [0.5, 0.6) is 5.75 Å². The Labute approximate surface area is 77.1 Å². The molecular weight excluding hydrogens is 164 g/mol. The number of furan rings is 1. The van der Waals surface area contributed by atoms with Gasteiger partial charge in [-0.1, -0.05) is 6.07 Å². The quantitative estimate of drug-likeness (QED) is 0.701. The normalized spacial score (nSPS) is 11.0. The number of hydrogen-bond acceptors (Lipinski definition) is 2. The Morgan fingerprint density at radius 3 is 2.85 bits per heavy atom. The summed E-state index contributed by atoms with van der Waals surface area (Å²) in [5.74, 6) is 0.890. The second kappa shape index (κ2) is 3.13. The molecule has 0 spiro atoms. The van der Waals surface area contributed by atoms with E-state index in [1.54, 1.807) is 6.26 Å². The summed E-state index contributed by atoms with van der Waals surface area (Å²) in [6, 6.07) is 7.75. The fourth-order valence-electron chi connectivity index (χ4n) is 1.32. The molecule has 2 heteroatoms. The van der Waals surface area contributed by atoms with Crippen molar-refractivity contribution in [3.8, 4) is 5.75 Å². The van der Waals surface area contributed by atoms with E-state index in [4.69, 9.17) is 9.15 Å². The molecule has 0 aliphatic carbocycles. The fraction of sp³-hybridized carbons (Fsp3) is 0.273. The molecule has 0 bridgehead atoms. The standard InChI is InChI=1S/C11H12O2/c1-8(2)13-11-5-3-4-10-9(11)6-7-12-10/h3-8H,1-2H3. The molecule has 1 aromatic heterocycles. The van der Waals surface area contributed by atoms with Gasteiger partial charge in [-0.25, -0.2) is 0 Å². The SMILES string of the molecule is CC(C)Oc1cccc2occc12. The molecule has 0 saturated heterocycles. The van der Waals surface area contributed by atoms with Crippen molar-refractivity contribution in [1.29, 1.82) is 0 Å². The van der Waals surface area contributed by atoms with E-state index in [1.807, 2.05) is 38.1 Å². The molecule has 0 amide bonds. The zero-order valence-electron chi connectivity index (χ0n) is 7.78. The van der Waals surface area contributed by atoms with Crippen molar-refractivity contribution in [2.24, 2.45) is 0 Å². The molecule has 2 nitrogen and oxygen atoms in total. The zero-order chi connectivity index (χ0) is 9.26. The summed E-state index contributed by atoms with van der Waals surface area (Å²) in [5.41, 5.74) is 0.873. The summed E-state index contributed by atoms with van der Waals surface area (Å²) in [4.78, 5) is 0. The second-order valence-electron chi connectivity index (χ2n) is 3.26. The minimum atomic E-state index is 0.195. The summed E-state index contributed by atoms with van der Waals surface area (Å²) in [7, 11) is 0. The third-order valence-electron chi connectivity index (χ3n) is 1.82. The van der Waals surface area contributed by atoms with Gasteiger partial charge in [-0.3, -0.25) is 0 Å². The fourth-order valence-corrected chi connectivity index (χ4v) is 1.32. The number of fused-ring (bicyclic) bond motifs is 1. The lowest BCUT2D eigenvalue weighted by atomic mass is 10.2. The molecular formula is C11H12O2. The molecule has 0 unspecified atom stereocenters. The maximum atomic E-state index is 5.63. The van der Waals surface area contributed by atoms with Crippen LogP contribution in [0.15, 0.2) is 34.9 Å². The minimum absolute atomic E-state index is 0.195. The molecule has 0 radical (unpaired) electrons. The van der Waals surface area contributed by atoms with Gasteiger partial charge in [0.2, 0.25) is 0 Å². The van der Waals surface area contributed by atoms with Gasteiger partial charge >= 0.3 is 0 Å². The molecule has 0 atom stereocenters. The third-order valence-corrected chi connectivity index (χ3v) is 1.82. The van der Waals surface area contributed by atoms with Crippen molar-refractivity contribution in [2.75, 3.05) is 0 Å². The maximum absolute atomic E-state index is 5.63. The zero-order valence-corrected chi connectivity index (χ0v) is 7.78. The van der Waals surface area contributed by atoms with Crippen LogP contribution in [0.2, 0.25) is 0 Å². The molecule has 1 heterocycles. The van der Waals surface area contributed by atoms with Crippen LogP contribution in [-0.4, -0.2) is 6.10 Å². The maximum Gasteiger partial charge on any atom is 0.137 e. The van der Waals surface area contributed by atoms with Crippen molar-refractivity contribution in [3.05, 3.63) is 30.5 Å². The van der Waals surface area contributed by atoms with Crippen molar-refractivity contribution < 1.29 is 9.15 Å². The molecule has 0 fully saturated rings. The van der Waals surface area contributed by atoms with Crippen LogP contribution in [0.1, 0.15) is 13.8 Å². The lowest BCUT2D eigenvalue weighted by molar-refractivity contribution is 0.245. The number of rotatable bonds is 2. The smallest absolute Gasteiger partial charge is 0.137 e. The Morgan fingerprint density at radius 1 is 1.23 bits per heavy atom. The number of hydrogen-bond donors (Lipinski definition) is 0. The van der Waals surface area contributed by atoms with Gasteiger partial charge in [0.25, 0.3) is 0 Å². The van der Waals surface area contributed by atoms with Gasteiger partial charge in [-0.2, -0.15) is 0 Å². The third kappa shape index (κ3) is 1.52. The van der Waals surface area contributed by atoms with Crippen molar-refractivity contribution >= 4 is 11.0 Å². The van der Waals surface area contributed by atoms with Gasteiger partial charge in [-0.15, -0.1) is 0 Å². The van der Waals surface area contributed by atoms with E-state index >= 15 is 0 Å². The first-order chi connectivity index (χ1) is 6.27. The predicted octanol–water partition coefficient (Wildman–Crippen LogP) is 3.22. The molecule has 68 valence electrons. The van der Waals surface area contributed by atoms with Crippen LogP contribution in [0, 0.1) is 0 Å². The molecule has 13 heavy (non-hydrogen) atoms. The van der Waals surface area contributed by atoms with E-state index in [1.165, 1.54) is 0 Å². The summed E-state index contributed by atoms with van der Waals surface area (Å²) in [6.45, 7) is 4.03. The lowest BCUT2D eigenvalue weighted by Gasteiger charge is -2.09. The lowest BCUT2D eigenvalue weighted by Crippen LogP contribution is -2.05. The Bertz CT molecular complexity index is 401. The van der Waals surface area contributed by atoms with Crippen LogP contribution in [-0.2, 0) is 0 Å². The number of benzene rings is 1. The Morgan fingerprint density at radius 2 is 2.08 bits per heavy atom. The molecule has 0 aliphatic rings. The Hall–Kier alpha value is -1.44. The second-order valence-corrected chi connectivity index (χ2v) is 3.26. The van der Waals surface area contributed by atoms with E-state index in [9.17, 15) is 0 Å². The summed E-state index contributed by atoms with van der Waals surface area (Å²) < 4.78 is 10.9. The monoisotopic (exact) mass is 176 g/mol. The van der Waals surface area contributed by atoms with E-state index in [-0.39, 0.29) is 6.10 Å². The van der Waals surface area contributed by atoms with E-state index < -0.39 is 0 Å².